The Morgan fingerprint density at radius 3 is 2.39 bits per heavy atom. The Morgan fingerprint density at radius 2 is 1.78 bits per heavy atom. The van der Waals surface area contributed by atoms with E-state index in [4.69, 9.17) is 14.3 Å². The van der Waals surface area contributed by atoms with Crippen LogP contribution in [0.15, 0.2) is 42.5 Å². The fraction of sp³-hybridized carbons (Fsp3) is 0.250. The van der Waals surface area contributed by atoms with Crippen molar-refractivity contribution in [3.05, 3.63) is 53.6 Å². The van der Waals surface area contributed by atoms with E-state index >= 15 is 0 Å². The summed E-state index contributed by atoms with van der Waals surface area (Å²) in [5, 5.41) is 19.3. The largest absolute Gasteiger partial charge is 0.524 e. The Morgan fingerprint density at radius 1 is 1.09 bits per heavy atom. The highest BCUT2D eigenvalue weighted by atomic mass is 31.2. The number of rotatable bonds is 6. The summed E-state index contributed by atoms with van der Waals surface area (Å²) in [4.78, 5) is 18.0. The molecule has 0 amide bonds. The molecule has 0 radical (unpaired) electrons. The number of hydrogen-bond acceptors (Lipinski definition) is 4. The molecule has 0 aromatic heterocycles. The number of benzene rings is 2. The molecule has 0 aliphatic rings. The molecule has 6 nitrogen and oxygen atoms in total. The first-order chi connectivity index (χ1) is 10.8. The van der Waals surface area contributed by atoms with Crippen molar-refractivity contribution < 1.29 is 29.1 Å². The van der Waals surface area contributed by atoms with Crippen LogP contribution in [0.5, 0.6) is 17.2 Å². The van der Waals surface area contributed by atoms with Gasteiger partial charge in [0, 0.05) is 0 Å². The number of phosphoric ester groups is 1. The Balaban J connectivity index is 2.33. The highest BCUT2D eigenvalue weighted by molar-refractivity contribution is 7.46. The standard InChI is InChI=1S/C16H19O6P/c1-2-11(12-4-3-5-14(17)9-12)8-13-10-15(18)6-7-16(13)22-23(19,20)21/h3-7,9-11,17-18H,2,8H2,1H3,(H2,19,20,21). The third kappa shape index (κ3) is 4.99. The molecule has 2 aromatic rings. The predicted octanol–water partition coefficient (Wildman–Crippen LogP) is 3.31. The molecule has 1 atom stereocenters. The SMILES string of the molecule is CCC(Cc1cc(O)ccc1OP(=O)(O)O)c1cccc(O)c1. The molecule has 1 unspecified atom stereocenters. The van der Waals surface area contributed by atoms with Crippen molar-refractivity contribution in [1.29, 1.82) is 0 Å². The van der Waals surface area contributed by atoms with Crippen molar-refractivity contribution in [2.24, 2.45) is 0 Å². The van der Waals surface area contributed by atoms with Crippen LogP contribution in [-0.4, -0.2) is 20.0 Å². The average molecular weight is 338 g/mol. The summed E-state index contributed by atoms with van der Waals surface area (Å²) in [6.45, 7) is 1.97. The van der Waals surface area contributed by atoms with Crippen LogP contribution in [0.25, 0.3) is 0 Å². The second-order valence-corrected chi connectivity index (χ2v) is 6.44. The van der Waals surface area contributed by atoms with Gasteiger partial charge in [-0.1, -0.05) is 19.1 Å². The fourth-order valence-electron chi connectivity index (χ4n) is 2.48. The van der Waals surface area contributed by atoms with E-state index in [-0.39, 0.29) is 23.2 Å². The van der Waals surface area contributed by atoms with Gasteiger partial charge in [-0.25, -0.2) is 4.57 Å². The normalized spacial score (nSPS) is 12.8. The van der Waals surface area contributed by atoms with Gasteiger partial charge in [-0.2, -0.15) is 0 Å². The number of phosphoric acid groups is 1. The highest BCUT2D eigenvalue weighted by Crippen LogP contribution is 2.41. The van der Waals surface area contributed by atoms with Gasteiger partial charge in [0.25, 0.3) is 0 Å². The Labute approximate surface area is 134 Å². The minimum absolute atomic E-state index is 0.00280. The van der Waals surface area contributed by atoms with Crippen molar-refractivity contribution in [1.82, 2.24) is 0 Å². The van der Waals surface area contributed by atoms with Gasteiger partial charge in [0.1, 0.15) is 17.2 Å². The fourth-order valence-corrected chi connectivity index (χ4v) is 2.92. The van der Waals surface area contributed by atoms with E-state index < -0.39 is 7.82 Å². The highest BCUT2D eigenvalue weighted by Gasteiger charge is 2.21. The lowest BCUT2D eigenvalue weighted by molar-refractivity contribution is 0.282. The Bertz CT molecular complexity index is 724. The van der Waals surface area contributed by atoms with Gasteiger partial charge in [-0.3, -0.25) is 9.79 Å². The van der Waals surface area contributed by atoms with Crippen molar-refractivity contribution in [2.45, 2.75) is 25.7 Å². The molecule has 0 heterocycles. The zero-order valence-electron chi connectivity index (χ0n) is 12.6. The summed E-state index contributed by atoms with van der Waals surface area (Å²) < 4.78 is 15.8. The first kappa shape index (κ1) is 17.3. The molecule has 0 fully saturated rings. The minimum atomic E-state index is -4.68. The van der Waals surface area contributed by atoms with Crippen LogP contribution >= 0.6 is 7.82 Å². The molecule has 0 saturated carbocycles. The summed E-state index contributed by atoms with van der Waals surface area (Å²) in [5.74, 6) is 0.185. The number of aromatic hydroxyl groups is 2. The second-order valence-electron chi connectivity index (χ2n) is 5.28. The van der Waals surface area contributed by atoms with E-state index in [1.54, 1.807) is 18.2 Å². The summed E-state index contributed by atoms with van der Waals surface area (Å²) >= 11 is 0. The van der Waals surface area contributed by atoms with E-state index in [2.05, 4.69) is 0 Å². The maximum atomic E-state index is 11.1. The molecule has 0 bridgehead atoms. The zero-order valence-corrected chi connectivity index (χ0v) is 13.5. The van der Waals surface area contributed by atoms with Gasteiger partial charge in [-0.05, 0) is 60.2 Å². The second kappa shape index (κ2) is 7.04. The molecule has 0 saturated heterocycles. The molecule has 0 spiro atoms. The molecule has 0 aliphatic heterocycles. The first-order valence-corrected chi connectivity index (χ1v) is 8.67. The molecule has 4 N–H and O–H groups in total. The minimum Gasteiger partial charge on any atom is -0.508 e. The Hall–Kier alpha value is -2.01. The molecular weight excluding hydrogens is 319 g/mol. The number of phenols is 2. The third-order valence-corrected chi connectivity index (χ3v) is 4.00. The van der Waals surface area contributed by atoms with Gasteiger partial charge in [0.15, 0.2) is 0 Å². The zero-order chi connectivity index (χ0) is 17.0. The number of hydrogen-bond donors (Lipinski definition) is 4. The summed E-state index contributed by atoms with van der Waals surface area (Å²) in [6.07, 6.45) is 1.15. The molecule has 7 heteroatoms. The maximum absolute atomic E-state index is 11.1. The molecular formula is C16H19O6P. The number of phenolic OH excluding ortho intramolecular Hbond substituents is 2. The monoisotopic (exact) mass is 338 g/mol. The summed E-state index contributed by atoms with van der Waals surface area (Å²) in [6, 6.07) is 10.9. The van der Waals surface area contributed by atoms with E-state index in [0.29, 0.717) is 12.0 Å². The van der Waals surface area contributed by atoms with Crippen LogP contribution in [0.4, 0.5) is 0 Å². The van der Waals surface area contributed by atoms with E-state index in [0.717, 1.165) is 12.0 Å². The van der Waals surface area contributed by atoms with Crippen LogP contribution in [0.1, 0.15) is 30.4 Å². The van der Waals surface area contributed by atoms with Crippen LogP contribution in [-0.2, 0) is 11.0 Å². The molecule has 0 aliphatic carbocycles. The molecule has 2 aromatic carbocycles. The van der Waals surface area contributed by atoms with Gasteiger partial charge in [0.2, 0.25) is 0 Å². The van der Waals surface area contributed by atoms with Crippen molar-refractivity contribution in [3.63, 3.8) is 0 Å². The van der Waals surface area contributed by atoms with E-state index in [1.165, 1.54) is 18.2 Å². The lowest BCUT2D eigenvalue weighted by Crippen LogP contribution is -2.04. The van der Waals surface area contributed by atoms with Crippen LogP contribution in [0, 0.1) is 0 Å². The van der Waals surface area contributed by atoms with Crippen LogP contribution < -0.4 is 4.52 Å². The summed E-state index contributed by atoms with van der Waals surface area (Å²) in [7, 11) is -4.68. The van der Waals surface area contributed by atoms with Crippen molar-refractivity contribution in [2.75, 3.05) is 0 Å². The van der Waals surface area contributed by atoms with E-state index in [1.807, 2.05) is 13.0 Å². The lowest BCUT2D eigenvalue weighted by atomic mass is 9.89. The van der Waals surface area contributed by atoms with Gasteiger partial charge in [0.05, 0.1) is 0 Å². The van der Waals surface area contributed by atoms with Crippen LogP contribution in [0.2, 0.25) is 0 Å². The van der Waals surface area contributed by atoms with Crippen molar-refractivity contribution in [3.8, 4) is 17.2 Å². The lowest BCUT2D eigenvalue weighted by Gasteiger charge is -2.18. The topological polar surface area (TPSA) is 107 Å². The average Bonchev–Trinajstić information content (AvgIpc) is 2.46. The first-order valence-electron chi connectivity index (χ1n) is 7.14. The van der Waals surface area contributed by atoms with Gasteiger partial charge >= 0.3 is 7.82 Å². The Kier molecular flexibility index (Phi) is 5.31. The van der Waals surface area contributed by atoms with Crippen molar-refractivity contribution >= 4 is 7.82 Å². The summed E-state index contributed by atoms with van der Waals surface area (Å²) in [5.41, 5.74) is 1.39. The predicted molar refractivity (Wildman–Crippen MR) is 85.6 cm³/mol. The third-order valence-electron chi connectivity index (χ3n) is 3.56. The quantitative estimate of drug-likeness (QED) is 0.602. The van der Waals surface area contributed by atoms with E-state index in [9.17, 15) is 14.8 Å². The van der Waals surface area contributed by atoms with Gasteiger partial charge < -0.3 is 14.7 Å². The maximum Gasteiger partial charge on any atom is 0.524 e. The van der Waals surface area contributed by atoms with Gasteiger partial charge in [-0.15, -0.1) is 0 Å². The smallest absolute Gasteiger partial charge is 0.508 e. The molecule has 23 heavy (non-hydrogen) atoms. The molecule has 2 rings (SSSR count). The van der Waals surface area contributed by atoms with Crippen LogP contribution in [0.3, 0.4) is 0 Å². The molecule has 124 valence electrons.